The first-order valence-corrected chi connectivity index (χ1v) is 7.96. The molecule has 1 aromatic heterocycles. The highest BCUT2D eigenvalue weighted by molar-refractivity contribution is 6.42. The van der Waals surface area contributed by atoms with E-state index in [-0.39, 0.29) is 12.1 Å². The van der Waals surface area contributed by atoms with E-state index >= 15 is 0 Å². The van der Waals surface area contributed by atoms with E-state index in [9.17, 15) is 0 Å². The Morgan fingerprint density at radius 1 is 1.14 bits per heavy atom. The molecule has 2 aromatic rings. The third-order valence-corrected chi connectivity index (χ3v) is 4.08. The number of pyridine rings is 1. The summed E-state index contributed by atoms with van der Waals surface area (Å²) in [6.45, 7) is 5.92. The number of hydrogen-bond acceptors (Lipinski definition) is 3. The van der Waals surface area contributed by atoms with Gasteiger partial charge in [-0.05, 0) is 50.5 Å². The molecular formula is C17H20Cl2N2O. The quantitative estimate of drug-likeness (QED) is 0.857. The van der Waals surface area contributed by atoms with Crippen LogP contribution in [0, 0.1) is 6.92 Å². The Kier molecular flexibility index (Phi) is 5.68. The lowest BCUT2D eigenvalue weighted by atomic mass is 9.99. The SMILES string of the molecule is Cc1nc(OC(C)C)ccc1CC(N)c1ccc(Cl)c(Cl)c1. The monoisotopic (exact) mass is 338 g/mol. The largest absolute Gasteiger partial charge is 0.475 e. The summed E-state index contributed by atoms with van der Waals surface area (Å²) >= 11 is 12.0. The zero-order valence-electron chi connectivity index (χ0n) is 12.9. The molecule has 0 radical (unpaired) electrons. The van der Waals surface area contributed by atoms with Crippen LogP contribution in [0.4, 0.5) is 0 Å². The van der Waals surface area contributed by atoms with E-state index in [0.717, 1.165) is 16.8 Å². The van der Waals surface area contributed by atoms with Gasteiger partial charge in [0.2, 0.25) is 5.88 Å². The van der Waals surface area contributed by atoms with Gasteiger partial charge in [0.05, 0.1) is 16.1 Å². The lowest BCUT2D eigenvalue weighted by Gasteiger charge is -2.15. The van der Waals surface area contributed by atoms with E-state index < -0.39 is 0 Å². The molecule has 1 heterocycles. The Morgan fingerprint density at radius 2 is 1.86 bits per heavy atom. The molecule has 0 spiro atoms. The van der Waals surface area contributed by atoms with Gasteiger partial charge in [-0.25, -0.2) is 4.98 Å². The van der Waals surface area contributed by atoms with Crippen LogP contribution in [0.15, 0.2) is 30.3 Å². The fourth-order valence-corrected chi connectivity index (χ4v) is 2.49. The van der Waals surface area contributed by atoms with Crippen molar-refractivity contribution >= 4 is 23.2 Å². The van der Waals surface area contributed by atoms with Gasteiger partial charge in [0, 0.05) is 17.8 Å². The molecule has 0 saturated heterocycles. The van der Waals surface area contributed by atoms with Crippen LogP contribution in [0.3, 0.4) is 0 Å². The molecule has 3 nitrogen and oxygen atoms in total. The fraction of sp³-hybridized carbons (Fsp3) is 0.353. The zero-order valence-corrected chi connectivity index (χ0v) is 14.4. The average Bonchev–Trinajstić information content (AvgIpc) is 2.44. The van der Waals surface area contributed by atoms with Crippen molar-refractivity contribution in [1.29, 1.82) is 0 Å². The maximum Gasteiger partial charge on any atom is 0.213 e. The van der Waals surface area contributed by atoms with Crippen LogP contribution in [0.5, 0.6) is 5.88 Å². The average molecular weight is 339 g/mol. The third-order valence-electron chi connectivity index (χ3n) is 3.34. The summed E-state index contributed by atoms with van der Waals surface area (Å²) in [5, 5.41) is 1.05. The Balaban J connectivity index is 2.14. The second kappa shape index (κ2) is 7.32. The lowest BCUT2D eigenvalue weighted by molar-refractivity contribution is 0.232. The van der Waals surface area contributed by atoms with Crippen molar-refractivity contribution in [2.75, 3.05) is 0 Å². The highest BCUT2D eigenvalue weighted by atomic mass is 35.5. The molecule has 0 fully saturated rings. The van der Waals surface area contributed by atoms with Gasteiger partial charge in [0.15, 0.2) is 0 Å². The fourth-order valence-electron chi connectivity index (χ4n) is 2.19. The van der Waals surface area contributed by atoms with E-state index in [1.54, 1.807) is 6.07 Å². The Hall–Kier alpha value is -1.29. The zero-order chi connectivity index (χ0) is 16.3. The van der Waals surface area contributed by atoms with Crippen molar-refractivity contribution in [3.8, 4) is 5.88 Å². The van der Waals surface area contributed by atoms with Crippen molar-refractivity contribution in [2.24, 2.45) is 5.73 Å². The third kappa shape index (κ3) is 4.35. The maximum atomic E-state index is 6.27. The van der Waals surface area contributed by atoms with Crippen LogP contribution < -0.4 is 10.5 Å². The number of ether oxygens (including phenoxy) is 1. The molecule has 1 unspecified atom stereocenters. The first-order valence-electron chi connectivity index (χ1n) is 7.20. The van der Waals surface area contributed by atoms with Crippen LogP contribution in [0.2, 0.25) is 10.0 Å². The Bertz CT molecular complexity index is 659. The van der Waals surface area contributed by atoms with Crippen LogP contribution >= 0.6 is 23.2 Å². The molecule has 0 aliphatic heterocycles. The van der Waals surface area contributed by atoms with Crippen LogP contribution in [-0.2, 0) is 6.42 Å². The van der Waals surface area contributed by atoms with Crippen molar-refractivity contribution in [3.05, 3.63) is 57.2 Å². The van der Waals surface area contributed by atoms with Crippen molar-refractivity contribution in [1.82, 2.24) is 4.98 Å². The van der Waals surface area contributed by atoms with Gasteiger partial charge in [-0.2, -0.15) is 0 Å². The van der Waals surface area contributed by atoms with Crippen molar-refractivity contribution < 1.29 is 4.74 Å². The molecule has 118 valence electrons. The number of nitrogens with zero attached hydrogens (tertiary/aromatic N) is 1. The summed E-state index contributed by atoms with van der Waals surface area (Å²) in [4.78, 5) is 4.47. The van der Waals surface area contributed by atoms with Gasteiger partial charge in [0.25, 0.3) is 0 Å². The van der Waals surface area contributed by atoms with Gasteiger partial charge in [0.1, 0.15) is 0 Å². The molecule has 0 aliphatic rings. The molecule has 2 N–H and O–H groups in total. The second-order valence-electron chi connectivity index (χ2n) is 5.54. The molecule has 0 bridgehead atoms. The van der Waals surface area contributed by atoms with E-state index in [4.69, 9.17) is 33.7 Å². The van der Waals surface area contributed by atoms with Gasteiger partial charge in [-0.1, -0.05) is 35.3 Å². The highest BCUT2D eigenvalue weighted by Gasteiger charge is 2.12. The molecule has 22 heavy (non-hydrogen) atoms. The van der Waals surface area contributed by atoms with Gasteiger partial charge >= 0.3 is 0 Å². The number of nitrogens with two attached hydrogens (primary N) is 1. The standard InChI is InChI=1S/C17H20Cl2N2O/c1-10(2)22-17-7-5-12(11(3)21-17)9-16(20)13-4-6-14(18)15(19)8-13/h4-8,10,16H,9,20H2,1-3H3. The summed E-state index contributed by atoms with van der Waals surface area (Å²) in [5.41, 5.74) is 9.24. The lowest BCUT2D eigenvalue weighted by Crippen LogP contribution is -2.15. The number of aromatic nitrogens is 1. The molecular weight excluding hydrogens is 319 g/mol. The minimum absolute atomic E-state index is 0.108. The Morgan fingerprint density at radius 3 is 2.45 bits per heavy atom. The highest BCUT2D eigenvalue weighted by Crippen LogP contribution is 2.27. The van der Waals surface area contributed by atoms with E-state index in [2.05, 4.69) is 4.98 Å². The number of aryl methyl sites for hydroxylation is 1. The van der Waals surface area contributed by atoms with Gasteiger partial charge in [-0.15, -0.1) is 0 Å². The van der Waals surface area contributed by atoms with Crippen molar-refractivity contribution in [2.45, 2.75) is 39.3 Å². The number of benzene rings is 1. The van der Waals surface area contributed by atoms with Gasteiger partial charge in [-0.3, -0.25) is 0 Å². The summed E-state index contributed by atoms with van der Waals surface area (Å²) in [6, 6.07) is 9.21. The Labute approximate surface area is 141 Å². The molecule has 5 heteroatoms. The maximum absolute atomic E-state index is 6.27. The molecule has 0 saturated carbocycles. The minimum Gasteiger partial charge on any atom is -0.475 e. The predicted octanol–water partition coefficient (Wildman–Crippen LogP) is 4.73. The minimum atomic E-state index is -0.160. The van der Waals surface area contributed by atoms with Crippen molar-refractivity contribution in [3.63, 3.8) is 0 Å². The van der Waals surface area contributed by atoms with Crippen LogP contribution in [-0.4, -0.2) is 11.1 Å². The van der Waals surface area contributed by atoms with E-state index in [1.165, 1.54) is 0 Å². The first kappa shape index (κ1) is 17.1. The molecule has 1 aromatic carbocycles. The van der Waals surface area contributed by atoms with Gasteiger partial charge < -0.3 is 10.5 Å². The predicted molar refractivity (Wildman–Crippen MR) is 91.8 cm³/mol. The summed E-state index contributed by atoms with van der Waals surface area (Å²) < 4.78 is 5.59. The second-order valence-corrected chi connectivity index (χ2v) is 6.36. The number of rotatable bonds is 5. The summed E-state index contributed by atoms with van der Waals surface area (Å²) in [5.74, 6) is 0.638. The number of hydrogen-bond donors (Lipinski definition) is 1. The topological polar surface area (TPSA) is 48.1 Å². The summed E-state index contributed by atoms with van der Waals surface area (Å²) in [6.07, 6.45) is 0.787. The normalized spacial score (nSPS) is 12.5. The summed E-state index contributed by atoms with van der Waals surface area (Å²) in [7, 11) is 0. The molecule has 2 rings (SSSR count). The molecule has 1 atom stereocenters. The molecule has 0 amide bonds. The van der Waals surface area contributed by atoms with E-state index in [1.807, 2.05) is 45.0 Å². The van der Waals surface area contributed by atoms with E-state index in [0.29, 0.717) is 22.3 Å². The van der Waals surface area contributed by atoms with Crippen LogP contribution in [0.1, 0.15) is 36.7 Å². The van der Waals surface area contributed by atoms with Crippen LogP contribution in [0.25, 0.3) is 0 Å². The number of halogens is 2. The first-order chi connectivity index (χ1) is 10.4. The molecule has 0 aliphatic carbocycles. The smallest absolute Gasteiger partial charge is 0.213 e.